The number of aromatic nitrogens is 4. The zero-order chi connectivity index (χ0) is 24.2. The molecule has 5 aromatic rings. The van der Waals surface area contributed by atoms with E-state index in [1.54, 1.807) is 4.52 Å². The smallest absolute Gasteiger partial charge is 0.238 e. The third-order valence-corrected chi connectivity index (χ3v) is 6.66. The molecule has 7 nitrogen and oxygen atoms in total. The summed E-state index contributed by atoms with van der Waals surface area (Å²) in [4.78, 5) is 14.1. The molecule has 0 saturated carbocycles. The van der Waals surface area contributed by atoms with Crippen molar-refractivity contribution in [3.05, 3.63) is 102 Å². The third kappa shape index (κ3) is 4.96. The van der Waals surface area contributed by atoms with Crippen LogP contribution in [0.5, 0.6) is 0 Å². The van der Waals surface area contributed by atoms with Crippen LogP contribution in [0.15, 0.2) is 84.9 Å². The Bertz CT molecular complexity index is 1440. The van der Waals surface area contributed by atoms with Gasteiger partial charge in [0.05, 0.1) is 5.92 Å². The average Bonchev–Trinajstić information content (AvgIpc) is 3.47. The minimum absolute atomic E-state index is 0.197. The van der Waals surface area contributed by atoms with Gasteiger partial charge in [0.1, 0.15) is 5.01 Å². The molecule has 2 aromatic heterocycles. The Morgan fingerprint density at radius 2 is 1.66 bits per heavy atom. The number of nitrogens with one attached hydrogen (secondary N) is 2. The van der Waals surface area contributed by atoms with Crippen molar-refractivity contribution in [1.82, 2.24) is 25.1 Å². The lowest BCUT2D eigenvalue weighted by molar-refractivity contribution is -0.120. The van der Waals surface area contributed by atoms with Crippen LogP contribution in [0.3, 0.4) is 0 Å². The summed E-state index contributed by atoms with van der Waals surface area (Å²) in [5, 5.41) is 20.0. The molecule has 0 radical (unpaired) electrons. The Hall–Kier alpha value is -3.95. The topological polar surface area (TPSA) is 84.2 Å². The van der Waals surface area contributed by atoms with Crippen molar-refractivity contribution in [3.8, 4) is 10.6 Å². The van der Waals surface area contributed by atoms with Crippen molar-refractivity contribution in [3.63, 3.8) is 0 Å². The van der Waals surface area contributed by atoms with Crippen molar-refractivity contribution < 1.29 is 4.79 Å². The number of benzene rings is 3. The first-order chi connectivity index (χ1) is 17.1. The number of carbonyl (C=O) groups is 1. The van der Waals surface area contributed by atoms with E-state index in [4.69, 9.17) is 12.2 Å². The van der Waals surface area contributed by atoms with Gasteiger partial charge in [0.25, 0.3) is 0 Å². The minimum Gasteiger partial charge on any atom is -0.332 e. The number of rotatable bonds is 6. The highest BCUT2D eigenvalue weighted by Gasteiger charge is 2.23. The van der Waals surface area contributed by atoms with Crippen LogP contribution in [0.2, 0.25) is 0 Å². The molecule has 0 atom stereocenters. The molecule has 1 amide bonds. The fraction of sp³-hybridized carbons (Fsp3) is 0.115. The van der Waals surface area contributed by atoms with Gasteiger partial charge in [0.2, 0.25) is 10.9 Å². The molecule has 0 fully saturated rings. The average molecular weight is 499 g/mol. The molecule has 174 valence electrons. The molecule has 0 aliphatic carbocycles. The number of nitrogens with zero attached hydrogens (tertiary/aromatic N) is 4. The van der Waals surface area contributed by atoms with Crippen LogP contribution < -0.4 is 10.6 Å². The summed E-state index contributed by atoms with van der Waals surface area (Å²) >= 11 is 6.96. The SMILES string of the molecule is CCc1nnc2sc(-c3cccc(NC(=S)NC(=O)C(c4ccccc4)c4ccccc4)c3)nn12. The lowest BCUT2D eigenvalue weighted by Gasteiger charge is -2.18. The molecular weight excluding hydrogens is 476 g/mol. The number of carbonyl (C=O) groups excluding carboxylic acids is 1. The van der Waals surface area contributed by atoms with Crippen LogP contribution in [0, 0.1) is 0 Å². The van der Waals surface area contributed by atoms with Crippen molar-refractivity contribution in [2.45, 2.75) is 19.3 Å². The molecular formula is C26H22N6OS2. The molecule has 3 aromatic carbocycles. The maximum absolute atomic E-state index is 13.3. The number of thiocarbonyl (C=S) groups is 1. The van der Waals surface area contributed by atoms with Crippen LogP contribution in [-0.4, -0.2) is 30.8 Å². The normalized spacial score (nSPS) is 11.0. The largest absolute Gasteiger partial charge is 0.332 e. The summed E-state index contributed by atoms with van der Waals surface area (Å²) in [5.74, 6) is 0.153. The van der Waals surface area contributed by atoms with Crippen molar-refractivity contribution >= 4 is 45.2 Å². The van der Waals surface area contributed by atoms with E-state index in [1.807, 2.05) is 91.9 Å². The predicted octanol–water partition coefficient (Wildman–Crippen LogP) is 5.06. The minimum atomic E-state index is -0.476. The van der Waals surface area contributed by atoms with E-state index >= 15 is 0 Å². The zero-order valence-corrected chi connectivity index (χ0v) is 20.5. The van der Waals surface area contributed by atoms with E-state index in [-0.39, 0.29) is 11.0 Å². The van der Waals surface area contributed by atoms with Crippen molar-refractivity contribution in [2.75, 3.05) is 5.32 Å². The summed E-state index contributed by atoms with van der Waals surface area (Å²) in [7, 11) is 0. The molecule has 0 aliphatic rings. The number of fused-ring (bicyclic) bond motifs is 1. The second kappa shape index (κ2) is 10.1. The lowest BCUT2D eigenvalue weighted by Crippen LogP contribution is -2.37. The van der Waals surface area contributed by atoms with Gasteiger partial charge in [0, 0.05) is 17.7 Å². The number of amides is 1. The van der Waals surface area contributed by atoms with Gasteiger partial charge < -0.3 is 10.6 Å². The van der Waals surface area contributed by atoms with E-state index in [0.29, 0.717) is 0 Å². The van der Waals surface area contributed by atoms with Gasteiger partial charge in [-0.1, -0.05) is 91.1 Å². The Balaban J connectivity index is 1.33. The monoisotopic (exact) mass is 498 g/mol. The second-order valence-electron chi connectivity index (χ2n) is 7.85. The summed E-state index contributed by atoms with van der Waals surface area (Å²) in [6.45, 7) is 2.02. The Morgan fingerprint density at radius 1 is 0.971 bits per heavy atom. The second-order valence-corrected chi connectivity index (χ2v) is 9.21. The molecule has 9 heteroatoms. The first kappa shape index (κ1) is 22.8. The van der Waals surface area contributed by atoms with E-state index in [0.717, 1.165) is 44.6 Å². The molecule has 0 bridgehead atoms. The van der Waals surface area contributed by atoms with E-state index in [1.165, 1.54) is 11.3 Å². The molecule has 2 heterocycles. The third-order valence-electron chi connectivity index (χ3n) is 5.50. The van der Waals surface area contributed by atoms with Gasteiger partial charge in [-0.05, 0) is 35.5 Å². The van der Waals surface area contributed by atoms with Crippen molar-refractivity contribution in [1.29, 1.82) is 0 Å². The van der Waals surface area contributed by atoms with E-state index in [2.05, 4.69) is 25.9 Å². The van der Waals surface area contributed by atoms with Crippen LogP contribution in [0.4, 0.5) is 5.69 Å². The predicted molar refractivity (Wildman–Crippen MR) is 143 cm³/mol. The molecule has 0 unspecified atom stereocenters. The highest BCUT2D eigenvalue weighted by atomic mass is 32.1. The van der Waals surface area contributed by atoms with Crippen LogP contribution in [0.1, 0.15) is 29.8 Å². The van der Waals surface area contributed by atoms with Crippen molar-refractivity contribution in [2.24, 2.45) is 0 Å². The van der Waals surface area contributed by atoms with Gasteiger partial charge in [-0.15, -0.1) is 10.2 Å². The summed E-state index contributed by atoms with van der Waals surface area (Å²) in [6, 6.07) is 27.1. The summed E-state index contributed by atoms with van der Waals surface area (Å²) < 4.78 is 1.78. The van der Waals surface area contributed by atoms with Crippen LogP contribution in [0.25, 0.3) is 15.5 Å². The van der Waals surface area contributed by atoms with Gasteiger partial charge in [-0.3, -0.25) is 4.79 Å². The van der Waals surface area contributed by atoms with Gasteiger partial charge in [-0.2, -0.15) is 9.61 Å². The van der Waals surface area contributed by atoms with Crippen LogP contribution in [-0.2, 0) is 11.2 Å². The molecule has 0 spiro atoms. The number of anilines is 1. The maximum Gasteiger partial charge on any atom is 0.238 e. The molecule has 35 heavy (non-hydrogen) atoms. The van der Waals surface area contributed by atoms with E-state index in [9.17, 15) is 4.79 Å². The highest BCUT2D eigenvalue weighted by molar-refractivity contribution is 7.80. The quantitative estimate of drug-likeness (QED) is 0.318. The highest BCUT2D eigenvalue weighted by Crippen LogP contribution is 2.28. The Labute approximate surface area is 211 Å². The standard InChI is InChI=1S/C26H22N6OS2/c1-2-21-29-30-26-32(21)31-24(35-26)19-14-9-15-20(16-19)27-25(34)28-23(33)22(17-10-5-3-6-11-17)18-12-7-4-8-13-18/h3-16,22H,2H2,1H3,(H2,27,28,33,34). The first-order valence-corrected chi connectivity index (χ1v) is 12.4. The molecule has 0 saturated heterocycles. The number of aryl methyl sites for hydroxylation is 1. The Morgan fingerprint density at radius 3 is 2.31 bits per heavy atom. The summed E-state index contributed by atoms with van der Waals surface area (Å²) in [6.07, 6.45) is 0.757. The molecule has 5 rings (SSSR count). The zero-order valence-electron chi connectivity index (χ0n) is 18.9. The maximum atomic E-state index is 13.3. The first-order valence-electron chi connectivity index (χ1n) is 11.2. The van der Waals surface area contributed by atoms with Gasteiger partial charge in [0.15, 0.2) is 10.9 Å². The molecule has 0 aliphatic heterocycles. The van der Waals surface area contributed by atoms with Crippen LogP contribution >= 0.6 is 23.6 Å². The fourth-order valence-electron chi connectivity index (χ4n) is 3.86. The Kier molecular flexibility index (Phi) is 6.60. The summed E-state index contributed by atoms with van der Waals surface area (Å²) in [5.41, 5.74) is 3.48. The fourth-order valence-corrected chi connectivity index (χ4v) is 4.93. The van der Waals surface area contributed by atoms with Gasteiger partial charge in [-0.25, -0.2) is 0 Å². The number of hydrogen-bond donors (Lipinski definition) is 2. The lowest BCUT2D eigenvalue weighted by atomic mass is 9.90. The van der Waals surface area contributed by atoms with E-state index < -0.39 is 5.92 Å². The molecule has 2 N–H and O–H groups in total. The number of hydrogen-bond acceptors (Lipinski definition) is 6. The van der Waals surface area contributed by atoms with Gasteiger partial charge >= 0.3 is 0 Å².